The highest BCUT2D eigenvalue weighted by molar-refractivity contribution is 6.60. The highest BCUT2D eigenvalue weighted by atomic mass is 35.5. The van der Waals surface area contributed by atoms with Gasteiger partial charge in [-0.05, 0) is 0 Å². The second-order valence-corrected chi connectivity index (χ2v) is 8.67. The molecule has 2 heterocycles. The van der Waals surface area contributed by atoms with Gasteiger partial charge in [-0.2, -0.15) is 0 Å². The van der Waals surface area contributed by atoms with E-state index in [0.29, 0.717) is 5.15 Å². The molecule has 0 spiro atoms. The SMILES string of the molecule is Cn1cc(N[Si](C)C)c2c(Cl)nc(C(C)(C)C)nc21. The van der Waals surface area contributed by atoms with E-state index in [0.717, 1.165) is 22.5 Å². The monoisotopic (exact) mass is 295 g/mol. The second-order valence-electron chi connectivity index (χ2n) is 6.07. The van der Waals surface area contributed by atoms with E-state index in [2.05, 4.69) is 48.8 Å². The summed E-state index contributed by atoms with van der Waals surface area (Å²) >= 11 is 6.38. The predicted octanol–water partition coefficient (Wildman–Crippen LogP) is 3.58. The molecule has 0 saturated carbocycles. The average Bonchev–Trinajstić information content (AvgIpc) is 2.54. The number of fused-ring (bicyclic) bond motifs is 1. The Kier molecular flexibility index (Phi) is 3.62. The average molecular weight is 296 g/mol. The first kappa shape index (κ1) is 14.3. The normalized spacial score (nSPS) is 12.4. The van der Waals surface area contributed by atoms with Gasteiger partial charge in [-0.1, -0.05) is 45.5 Å². The van der Waals surface area contributed by atoms with Crippen molar-refractivity contribution < 1.29 is 0 Å². The Balaban J connectivity index is 2.67. The van der Waals surface area contributed by atoms with Crippen molar-refractivity contribution >= 4 is 37.3 Å². The summed E-state index contributed by atoms with van der Waals surface area (Å²) in [4.78, 5) is 12.6. The third-order valence-corrected chi connectivity index (χ3v) is 3.87. The van der Waals surface area contributed by atoms with Crippen molar-refractivity contribution in [2.75, 3.05) is 4.98 Å². The Bertz CT molecular complexity index is 613. The van der Waals surface area contributed by atoms with Crippen LogP contribution in [0.1, 0.15) is 26.6 Å². The van der Waals surface area contributed by atoms with E-state index in [1.165, 1.54) is 0 Å². The van der Waals surface area contributed by atoms with Gasteiger partial charge in [0.2, 0.25) is 0 Å². The van der Waals surface area contributed by atoms with Gasteiger partial charge in [-0.25, -0.2) is 9.97 Å². The highest BCUT2D eigenvalue weighted by Crippen LogP contribution is 2.32. The zero-order valence-electron chi connectivity index (χ0n) is 12.3. The minimum atomic E-state index is -0.596. The summed E-state index contributed by atoms with van der Waals surface area (Å²) in [6.45, 7) is 10.7. The summed E-state index contributed by atoms with van der Waals surface area (Å²) in [6, 6.07) is 0. The van der Waals surface area contributed by atoms with Gasteiger partial charge in [0.05, 0.1) is 11.1 Å². The summed E-state index contributed by atoms with van der Waals surface area (Å²) < 4.78 is 2.01. The lowest BCUT2D eigenvalue weighted by Gasteiger charge is -2.17. The van der Waals surface area contributed by atoms with E-state index in [1.807, 2.05) is 17.8 Å². The van der Waals surface area contributed by atoms with Gasteiger partial charge >= 0.3 is 0 Å². The number of halogens is 1. The molecule has 0 aliphatic rings. The van der Waals surface area contributed by atoms with Crippen LogP contribution in [0.3, 0.4) is 0 Å². The van der Waals surface area contributed by atoms with E-state index < -0.39 is 8.96 Å². The van der Waals surface area contributed by atoms with Crippen LogP contribution in [0.4, 0.5) is 5.69 Å². The number of hydrogen-bond donors (Lipinski definition) is 1. The lowest BCUT2D eigenvalue weighted by Crippen LogP contribution is -2.17. The summed E-state index contributed by atoms with van der Waals surface area (Å²) in [5.41, 5.74) is 1.80. The fourth-order valence-corrected chi connectivity index (χ4v) is 2.92. The smallest absolute Gasteiger partial charge is 0.160 e. The maximum atomic E-state index is 6.38. The summed E-state index contributed by atoms with van der Waals surface area (Å²) in [5.74, 6) is 0.774. The molecule has 0 saturated heterocycles. The van der Waals surface area contributed by atoms with Crippen LogP contribution in [0.15, 0.2) is 6.20 Å². The van der Waals surface area contributed by atoms with Crippen LogP contribution in [0.25, 0.3) is 11.0 Å². The molecule has 19 heavy (non-hydrogen) atoms. The van der Waals surface area contributed by atoms with Gasteiger partial charge in [0.25, 0.3) is 0 Å². The molecule has 1 radical (unpaired) electrons. The van der Waals surface area contributed by atoms with E-state index in [9.17, 15) is 0 Å². The fourth-order valence-electron chi connectivity index (χ4n) is 1.93. The van der Waals surface area contributed by atoms with Crippen LogP contribution in [0, 0.1) is 0 Å². The molecule has 2 aromatic heterocycles. The molecule has 0 fully saturated rings. The molecule has 0 aromatic carbocycles. The van der Waals surface area contributed by atoms with Gasteiger partial charge in [0.15, 0.2) is 8.96 Å². The first-order chi connectivity index (χ1) is 8.70. The molecule has 0 aliphatic heterocycles. The lowest BCUT2D eigenvalue weighted by molar-refractivity contribution is 0.547. The van der Waals surface area contributed by atoms with Crippen LogP contribution in [-0.4, -0.2) is 23.5 Å². The van der Waals surface area contributed by atoms with E-state index in [1.54, 1.807) is 0 Å². The second kappa shape index (κ2) is 4.79. The molecule has 0 bridgehead atoms. The first-order valence-electron chi connectivity index (χ1n) is 6.30. The topological polar surface area (TPSA) is 42.7 Å². The van der Waals surface area contributed by atoms with Crippen LogP contribution >= 0.6 is 11.6 Å². The Morgan fingerprint density at radius 3 is 2.42 bits per heavy atom. The van der Waals surface area contributed by atoms with Gasteiger partial charge < -0.3 is 9.55 Å². The molecule has 6 heteroatoms. The summed E-state index contributed by atoms with van der Waals surface area (Å²) in [5, 5.41) is 1.45. The first-order valence-corrected chi connectivity index (χ1v) is 9.18. The number of rotatable bonds is 2. The molecule has 1 N–H and O–H groups in total. The summed E-state index contributed by atoms with van der Waals surface area (Å²) in [7, 11) is 1.39. The molecule has 0 atom stereocenters. The number of anilines is 1. The number of aryl methyl sites for hydroxylation is 1. The Morgan fingerprint density at radius 1 is 1.26 bits per heavy atom. The third kappa shape index (κ3) is 2.77. The maximum Gasteiger partial charge on any atom is 0.160 e. The zero-order chi connectivity index (χ0) is 14.4. The Labute approximate surface area is 120 Å². The van der Waals surface area contributed by atoms with Crippen LogP contribution in [-0.2, 0) is 12.5 Å². The minimum absolute atomic E-state index is 0.111. The fraction of sp³-hybridized carbons (Fsp3) is 0.538. The van der Waals surface area contributed by atoms with E-state index in [-0.39, 0.29) is 5.41 Å². The Morgan fingerprint density at radius 2 is 1.89 bits per heavy atom. The molecule has 103 valence electrons. The lowest BCUT2D eigenvalue weighted by atomic mass is 9.96. The quantitative estimate of drug-likeness (QED) is 0.680. The highest BCUT2D eigenvalue weighted by Gasteiger charge is 2.22. The van der Waals surface area contributed by atoms with E-state index in [4.69, 9.17) is 11.6 Å². The largest absolute Gasteiger partial charge is 0.409 e. The van der Waals surface area contributed by atoms with Crippen LogP contribution in [0.5, 0.6) is 0 Å². The number of hydrogen-bond acceptors (Lipinski definition) is 3. The van der Waals surface area contributed by atoms with Crippen molar-refractivity contribution in [3.8, 4) is 0 Å². The number of aromatic nitrogens is 3. The van der Waals surface area contributed by atoms with Crippen LogP contribution < -0.4 is 4.98 Å². The van der Waals surface area contributed by atoms with Crippen LogP contribution in [0.2, 0.25) is 18.2 Å². The molecule has 0 aliphatic carbocycles. The number of nitrogens with one attached hydrogen (secondary N) is 1. The molecule has 0 amide bonds. The molecular formula is C13H20ClN4Si. The van der Waals surface area contributed by atoms with Crippen molar-refractivity contribution in [2.24, 2.45) is 7.05 Å². The molecule has 2 rings (SSSR count). The standard InChI is InChI=1S/C13H20ClN4Si/c1-13(2,3)12-15-10(14)9-8(17-19(5)6)7-18(4)11(9)16-12/h7,17H,1-6H3. The van der Waals surface area contributed by atoms with E-state index >= 15 is 0 Å². The molecule has 0 unspecified atom stereocenters. The van der Waals surface area contributed by atoms with Crippen molar-refractivity contribution in [3.05, 3.63) is 17.2 Å². The zero-order valence-corrected chi connectivity index (χ0v) is 14.1. The van der Waals surface area contributed by atoms with Crippen molar-refractivity contribution in [3.63, 3.8) is 0 Å². The van der Waals surface area contributed by atoms with Crippen molar-refractivity contribution in [1.29, 1.82) is 0 Å². The molecule has 4 nitrogen and oxygen atoms in total. The molecular weight excluding hydrogens is 276 g/mol. The number of nitrogens with zero attached hydrogens (tertiary/aromatic N) is 3. The molecule has 2 aromatic rings. The Hall–Kier alpha value is -1.07. The van der Waals surface area contributed by atoms with Crippen molar-refractivity contribution in [2.45, 2.75) is 39.3 Å². The van der Waals surface area contributed by atoms with Gasteiger partial charge in [-0.3, -0.25) is 0 Å². The van der Waals surface area contributed by atoms with Gasteiger partial charge in [0, 0.05) is 18.7 Å². The minimum Gasteiger partial charge on any atom is -0.409 e. The predicted molar refractivity (Wildman–Crippen MR) is 83.3 cm³/mol. The maximum absolute atomic E-state index is 6.38. The third-order valence-electron chi connectivity index (χ3n) is 2.83. The summed E-state index contributed by atoms with van der Waals surface area (Å²) in [6.07, 6.45) is 2.04. The van der Waals surface area contributed by atoms with Gasteiger partial charge in [-0.15, -0.1) is 0 Å². The van der Waals surface area contributed by atoms with Crippen molar-refractivity contribution in [1.82, 2.24) is 14.5 Å². The van der Waals surface area contributed by atoms with Gasteiger partial charge in [0.1, 0.15) is 16.6 Å².